The lowest BCUT2D eigenvalue weighted by Gasteiger charge is -2.14. The third kappa shape index (κ3) is 3.29. The van der Waals surface area contributed by atoms with Crippen LogP contribution in [0.3, 0.4) is 0 Å². The highest BCUT2D eigenvalue weighted by Crippen LogP contribution is 2.23. The average molecular weight is 332 g/mol. The first-order valence-electron chi connectivity index (χ1n) is 7.12. The zero-order valence-electron chi connectivity index (χ0n) is 12.5. The molecule has 2 amide bonds. The Labute approximate surface area is 134 Å². The van der Waals surface area contributed by atoms with Gasteiger partial charge < -0.3 is 9.50 Å². The molecule has 1 saturated heterocycles. The van der Waals surface area contributed by atoms with Crippen LogP contribution in [0.2, 0.25) is 0 Å². The maximum absolute atomic E-state index is 12.2. The van der Waals surface area contributed by atoms with Gasteiger partial charge in [0.1, 0.15) is 10.6 Å². The first-order valence-corrected chi connectivity index (χ1v) is 8.53. The molecule has 0 unspecified atom stereocenters. The fourth-order valence-corrected chi connectivity index (χ4v) is 3.21. The summed E-state index contributed by atoms with van der Waals surface area (Å²) in [5, 5.41) is 2.71. The summed E-state index contributed by atoms with van der Waals surface area (Å²) in [6.45, 7) is 3.06. The Bertz CT molecular complexity index is 814. The quantitative estimate of drug-likeness (QED) is 0.872. The van der Waals surface area contributed by atoms with Gasteiger partial charge >= 0.3 is 16.1 Å². The van der Waals surface area contributed by atoms with E-state index in [0.717, 1.165) is 5.56 Å². The van der Waals surface area contributed by atoms with Gasteiger partial charge in [0, 0.05) is 18.8 Å². The van der Waals surface area contributed by atoms with Crippen LogP contribution in [0.15, 0.2) is 53.4 Å². The zero-order valence-corrected chi connectivity index (χ0v) is 13.3. The number of rotatable bonds is 4. The highest BCUT2D eigenvalue weighted by atomic mass is 32.2. The van der Waals surface area contributed by atoms with E-state index in [1.165, 1.54) is 24.3 Å². The number of anilines is 1. The van der Waals surface area contributed by atoms with Crippen LogP contribution in [0.5, 0.6) is 5.75 Å². The predicted octanol–water partition coefficient (Wildman–Crippen LogP) is 2.29. The molecule has 7 heteroatoms. The van der Waals surface area contributed by atoms with Crippen molar-refractivity contribution < 1.29 is 17.4 Å². The van der Waals surface area contributed by atoms with Gasteiger partial charge in [-0.25, -0.2) is 4.79 Å². The van der Waals surface area contributed by atoms with Crippen molar-refractivity contribution in [2.45, 2.75) is 11.8 Å². The van der Waals surface area contributed by atoms with E-state index >= 15 is 0 Å². The molecule has 1 N–H and O–H groups in total. The molecule has 0 radical (unpaired) electrons. The fourth-order valence-electron chi connectivity index (χ4n) is 2.28. The van der Waals surface area contributed by atoms with Gasteiger partial charge in [-0.2, -0.15) is 8.42 Å². The predicted molar refractivity (Wildman–Crippen MR) is 86.2 cm³/mol. The number of hydrogen-bond donors (Lipinski definition) is 1. The Kier molecular flexibility index (Phi) is 3.96. The molecule has 3 rings (SSSR count). The van der Waals surface area contributed by atoms with Crippen LogP contribution in [0.25, 0.3) is 0 Å². The minimum absolute atomic E-state index is 0.103. The van der Waals surface area contributed by atoms with Crippen LogP contribution in [0.1, 0.15) is 5.56 Å². The maximum atomic E-state index is 12.2. The van der Waals surface area contributed by atoms with E-state index in [9.17, 15) is 13.2 Å². The van der Waals surface area contributed by atoms with E-state index in [2.05, 4.69) is 5.32 Å². The van der Waals surface area contributed by atoms with E-state index in [1.807, 2.05) is 6.92 Å². The molecule has 0 saturated carbocycles. The molecule has 1 fully saturated rings. The number of aryl methyl sites for hydroxylation is 1. The van der Waals surface area contributed by atoms with Crippen LogP contribution < -0.4 is 14.4 Å². The molecule has 0 atom stereocenters. The van der Waals surface area contributed by atoms with Crippen molar-refractivity contribution >= 4 is 21.8 Å². The molecule has 0 aliphatic carbocycles. The summed E-state index contributed by atoms with van der Waals surface area (Å²) in [6, 6.07) is 12.7. The van der Waals surface area contributed by atoms with Gasteiger partial charge in [0.25, 0.3) is 0 Å². The molecule has 23 heavy (non-hydrogen) atoms. The van der Waals surface area contributed by atoms with Gasteiger partial charge in [0.05, 0.1) is 0 Å². The molecule has 0 spiro atoms. The topological polar surface area (TPSA) is 75.7 Å². The van der Waals surface area contributed by atoms with Crippen LogP contribution in [0.4, 0.5) is 10.5 Å². The van der Waals surface area contributed by atoms with Crippen molar-refractivity contribution in [1.82, 2.24) is 5.32 Å². The fraction of sp³-hybridized carbons (Fsp3) is 0.188. The van der Waals surface area contributed by atoms with Crippen molar-refractivity contribution in [3.05, 3.63) is 54.1 Å². The van der Waals surface area contributed by atoms with Crippen LogP contribution in [-0.4, -0.2) is 27.5 Å². The van der Waals surface area contributed by atoms with Crippen molar-refractivity contribution in [2.75, 3.05) is 18.0 Å². The highest BCUT2D eigenvalue weighted by Gasteiger charge is 2.21. The van der Waals surface area contributed by atoms with Gasteiger partial charge in [-0.15, -0.1) is 0 Å². The first-order chi connectivity index (χ1) is 11.0. The number of carbonyl (C=O) groups excluding carboxylic acids is 1. The van der Waals surface area contributed by atoms with E-state index in [-0.39, 0.29) is 16.7 Å². The lowest BCUT2D eigenvalue weighted by atomic mass is 10.2. The molecule has 2 aromatic carbocycles. The van der Waals surface area contributed by atoms with Gasteiger partial charge in [0.15, 0.2) is 0 Å². The molecule has 1 aliphatic rings. The molecule has 2 aromatic rings. The molecule has 0 bridgehead atoms. The number of amides is 2. The smallest absolute Gasteiger partial charge is 0.339 e. The lowest BCUT2D eigenvalue weighted by Crippen LogP contribution is -2.27. The van der Waals surface area contributed by atoms with E-state index in [1.54, 1.807) is 29.2 Å². The molecular formula is C16H16N2O4S. The normalized spacial score (nSPS) is 14.7. The Morgan fingerprint density at radius 3 is 2.26 bits per heavy atom. The summed E-state index contributed by atoms with van der Waals surface area (Å²) in [4.78, 5) is 13.3. The lowest BCUT2D eigenvalue weighted by molar-refractivity contribution is 0.252. The molecule has 6 nitrogen and oxygen atoms in total. The summed E-state index contributed by atoms with van der Waals surface area (Å²) in [5.74, 6) is 0.203. The minimum Gasteiger partial charge on any atom is -0.379 e. The number of benzene rings is 2. The van der Waals surface area contributed by atoms with Crippen LogP contribution >= 0.6 is 0 Å². The Morgan fingerprint density at radius 2 is 1.70 bits per heavy atom. The number of nitrogens with one attached hydrogen (secondary N) is 1. The van der Waals surface area contributed by atoms with Crippen LogP contribution in [0, 0.1) is 6.92 Å². The Balaban J connectivity index is 1.77. The van der Waals surface area contributed by atoms with Gasteiger partial charge in [-0.1, -0.05) is 17.7 Å². The second-order valence-electron chi connectivity index (χ2n) is 5.23. The Hall–Kier alpha value is -2.54. The second kappa shape index (κ2) is 5.92. The molecule has 0 aromatic heterocycles. The molecule has 1 aliphatic heterocycles. The number of urea groups is 1. The molecule has 1 heterocycles. The van der Waals surface area contributed by atoms with Crippen molar-refractivity contribution in [3.63, 3.8) is 0 Å². The minimum atomic E-state index is -3.87. The van der Waals surface area contributed by atoms with Crippen LogP contribution in [-0.2, 0) is 10.1 Å². The van der Waals surface area contributed by atoms with E-state index < -0.39 is 10.1 Å². The highest BCUT2D eigenvalue weighted by molar-refractivity contribution is 7.87. The first kappa shape index (κ1) is 15.4. The molecular weight excluding hydrogens is 316 g/mol. The second-order valence-corrected chi connectivity index (χ2v) is 6.77. The summed E-state index contributed by atoms with van der Waals surface area (Å²) in [7, 11) is -3.87. The third-order valence-electron chi connectivity index (χ3n) is 3.52. The monoisotopic (exact) mass is 332 g/mol. The SMILES string of the molecule is Cc1ccc(S(=O)(=O)Oc2ccc(N3CCNC3=O)cc2)cc1. The third-order valence-corrected chi connectivity index (χ3v) is 4.78. The van der Waals surface area contributed by atoms with Gasteiger partial charge in [0.2, 0.25) is 0 Å². The van der Waals surface area contributed by atoms with E-state index in [4.69, 9.17) is 4.18 Å². The van der Waals surface area contributed by atoms with Crippen molar-refractivity contribution in [1.29, 1.82) is 0 Å². The number of carbonyl (C=O) groups is 1. The Morgan fingerprint density at radius 1 is 1.04 bits per heavy atom. The summed E-state index contributed by atoms with van der Waals surface area (Å²) in [6.07, 6.45) is 0. The average Bonchev–Trinajstić information content (AvgIpc) is 2.94. The maximum Gasteiger partial charge on any atom is 0.339 e. The van der Waals surface area contributed by atoms with Crippen molar-refractivity contribution in [2.24, 2.45) is 0 Å². The van der Waals surface area contributed by atoms with Crippen molar-refractivity contribution in [3.8, 4) is 5.75 Å². The number of hydrogen-bond acceptors (Lipinski definition) is 4. The number of nitrogens with zero attached hydrogens (tertiary/aromatic N) is 1. The summed E-state index contributed by atoms with van der Waals surface area (Å²) < 4.78 is 29.5. The summed E-state index contributed by atoms with van der Waals surface area (Å²) in [5.41, 5.74) is 1.66. The largest absolute Gasteiger partial charge is 0.379 e. The molecule has 120 valence electrons. The van der Waals surface area contributed by atoms with E-state index in [0.29, 0.717) is 18.8 Å². The standard InChI is InChI=1S/C16H16N2O4S/c1-12-2-8-15(9-3-12)23(20,21)22-14-6-4-13(5-7-14)18-11-10-17-16(18)19/h2-9H,10-11H2,1H3,(H,17,19). The van der Waals surface area contributed by atoms with Gasteiger partial charge in [-0.3, -0.25) is 4.90 Å². The van der Waals surface area contributed by atoms with Gasteiger partial charge in [-0.05, 0) is 43.3 Å². The summed E-state index contributed by atoms with van der Waals surface area (Å²) >= 11 is 0. The zero-order chi connectivity index (χ0) is 16.4.